The number of rotatable bonds is 6. The van der Waals surface area contributed by atoms with Crippen LogP contribution in [0, 0.1) is 27.7 Å². The molecule has 0 fully saturated rings. The molecule has 166 valence electrons. The van der Waals surface area contributed by atoms with Crippen LogP contribution >= 0.6 is 0 Å². The number of aryl methyl sites for hydroxylation is 4. The van der Waals surface area contributed by atoms with Crippen molar-refractivity contribution in [1.82, 2.24) is 9.97 Å². The molecule has 1 amide bonds. The molecule has 3 aromatic carbocycles. The molecular formula is C27H27N5O. The van der Waals surface area contributed by atoms with Gasteiger partial charge in [0.05, 0.1) is 0 Å². The molecule has 0 aliphatic heterocycles. The highest BCUT2D eigenvalue weighted by Crippen LogP contribution is 2.21. The van der Waals surface area contributed by atoms with Crippen LogP contribution in [0.3, 0.4) is 0 Å². The monoisotopic (exact) mass is 437 g/mol. The maximum Gasteiger partial charge on any atom is 0.255 e. The van der Waals surface area contributed by atoms with Crippen LogP contribution in [0.2, 0.25) is 0 Å². The van der Waals surface area contributed by atoms with Crippen molar-refractivity contribution in [2.45, 2.75) is 27.7 Å². The zero-order valence-electron chi connectivity index (χ0n) is 19.2. The number of benzene rings is 3. The Morgan fingerprint density at radius 3 is 2.00 bits per heavy atom. The Kier molecular flexibility index (Phi) is 6.36. The van der Waals surface area contributed by atoms with E-state index < -0.39 is 0 Å². The third-order valence-corrected chi connectivity index (χ3v) is 5.21. The van der Waals surface area contributed by atoms with E-state index in [4.69, 9.17) is 0 Å². The van der Waals surface area contributed by atoms with Crippen molar-refractivity contribution in [1.29, 1.82) is 0 Å². The van der Waals surface area contributed by atoms with Crippen molar-refractivity contribution in [3.63, 3.8) is 0 Å². The Morgan fingerprint density at radius 1 is 0.667 bits per heavy atom. The highest BCUT2D eigenvalue weighted by molar-refractivity contribution is 6.05. The molecule has 0 aliphatic rings. The van der Waals surface area contributed by atoms with Crippen molar-refractivity contribution in [3.8, 4) is 0 Å². The molecule has 6 heteroatoms. The maximum absolute atomic E-state index is 12.7. The van der Waals surface area contributed by atoms with Gasteiger partial charge in [0.15, 0.2) is 0 Å². The van der Waals surface area contributed by atoms with Crippen molar-refractivity contribution in [2.24, 2.45) is 0 Å². The Morgan fingerprint density at radius 2 is 1.27 bits per heavy atom. The smallest absolute Gasteiger partial charge is 0.255 e. The number of aromatic nitrogens is 2. The summed E-state index contributed by atoms with van der Waals surface area (Å²) >= 11 is 0. The number of anilines is 5. The van der Waals surface area contributed by atoms with Crippen LogP contribution in [0.4, 0.5) is 28.8 Å². The quantitative estimate of drug-likeness (QED) is 0.323. The largest absolute Gasteiger partial charge is 0.340 e. The van der Waals surface area contributed by atoms with E-state index in [1.165, 1.54) is 5.56 Å². The van der Waals surface area contributed by atoms with E-state index in [1.807, 2.05) is 81.4 Å². The molecule has 0 unspecified atom stereocenters. The van der Waals surface area contributed by atoms with E-state index in [1.54, 1.807) is 0 Å². The second kappa shape index (κ2) is 9.53. The van der Waals surface area contributed by atoms with Crippen molar-refractivity contribution in [3.05, 3.63) is 101 Å². The highest BCUT2D eigenvalue weighted by Gasteiger charge is 2.10. The van der Waals surface area contributed by atoms with Gasteiger partial charge in [0.1, 0.15) is 5.82 Å². The summed E-state index contributed by atoms with van der Waals surface area (Å²) in [5.41, 5.74) is 7.25. The Bertz CT molecular complexity index is 1280. The van der Waals surface area contributed by atoms with Crippen LogP contribution in [0.1, 0.15) is 32.7 Å². The molecule has 6 nitrogen and oxygen atoms in total. The van der Waals surface area contributed by atoms with E-state index in [0.29, 0.717) is 17.3 Å². The normalized spacial score (nSPS) is 10.5. The lowest BCUT2D eigenvalue weighted by atomic mass is 10.1. The number of hydrogen-bond acceptors (Lipinski definition) is 5. The summed E-state index contributed by atoms with van der Waals surface area (Å²) in [6, 6.07) is 23.4. The predicted molar refractivity (Wildman–Crippen MR) is 135 cm³/mol. The van der Waals surface area contributed by atoms with Gasteiger partial charge >= 0.3 is 0 Å². The molecule has 4 rings (SSSR count). The minimum Gasteiger partial charge on any atom is -0.340 e. The van der Waals surface area contributed by atoms with Gasteiger partial charge in [-0.25, -0.2) is 4.98 Å². The first-order chi connectivity index (χ1) is 15.9. The van der Waals surface area contributed by atoms with Gasteiger partial charge in [0.2, 0.25) is 5.95 Å². The third-order valence-electron chi connectivity index (χ3n) is 5.21. The molecule has 33 heavy (non-hydrogen) atoms. The SMILES string of the molecule is Cc1ccc(Nc2cc(C)nc(Nc3ccc(NC(=O)c4cc(C)ccc4C)cc3)n2)cc1. The van der Waals surface area contributed by atoms with Crippen LogP contribution in [0.5, 0.6) is 0 Å². The van der Waals surface area contributed by atoms with Gasteiger partial charge in [-0.1, -0.05) is 35.4 Å². The second-order valence-electron chi connectivity index (χ2n) is 8.18. The minimum atomic E-state index is -0.120. The number of hydrogen-bond donors (Lipinski definition) is 3. The molecule has 0 atom stereocenters. The topological polar surface area (TPSA) is 78.9 Å². The number of nitrogens with zero attached hydrogens (tertiary/aromatic N) is 2. The van der Waals surface area contributed by atoms with Gasteiger partial charge < -0.3 is 16.0 Å². The van der Waals surface area contributed by atoms with Crippen LogP contribution < -0.4 is 16.0 Å². The number of carbonyl (C=O) groups is 1. The number of nitrogens with one attached hydrogen (secondary N) is 3. The Labute approximate surface area is 194 Å². The molecular weight excluding hydrogens is 410 g/mol. The zero-order chi connectivity index (χ0) is 23.4. The lowest BCUT2D eigenvalue weighted by Crippen LogP contribution is -2.13. The van der Waals surface area contributed by atoms with Crippen LogP contribution in [0.15, 0.2) is 72.8 Å². The average molecular weight is 438 g/mol. The second-order valence-corrected chi connectivity index (χ2v) is 8.18. The first-order valence-corrected chi connectivity index (χ1v) is 10.8. The lowest BCUT2D eigenvalue weighted by molar-refractivity contribution is 0.102. The fraction of sp³-hybridized carbons (Fsp3) is 0.148. The van der Waals surface area contributed by atoms with Gasteiger partial charge in [-0.3, -0.25) is 4.79 Å². The fourth-order valence-electron chi connectivity index (χ4n) is 3.42. The molecule has 0 saturated heterocycles. The summed E-state index contributed by atoms with van der Waals surface area (Å²) in [7, 11) is 0. The fourth-order valence-corrected chi connectivity index (χ4v) is 3.42. The first-order valence-electron chi connectivity index (χ1n) is 10.8. The Hall–Kier alpha value is -4.19. The molecule has 0 bridgehead atoms. The number of amides is 1. The maximum atomic E-state index is 12.7. The lowest BCUT2D eigenvalue weighted by Gasteiger charge is -2.11. The highest BCUT2D eigenvalue weighted by atomic mass is 16.1. The molecule has 0 spiro atoms. The van der Waals surface area contributed by atoms with E-state index in [9.17, 15) is 4.79 Å². The van der Waals surface area contributed by atoms with Crippen molar-refractivity contribution < 1.29 is 4.79 Å². The number of carbonyl (C=O) groups excluding carboxylic acids is 1. The average Bonchev–Trinajstić information content (AvgIpc) is 2.78. The predicted octanol–water partition coefficient (Wildman–Crippen LogP) is 6.45. The summed E-state index contributed by atoms with van der Waals surface area (Å²) in [5, 5.41) is 9.51. The summed E-state index contributed by atoms with van der Waals surface area (Å²) < 4.78 is 0. The van der Waals surface area contributed by atoms with Crippen molar-refractivity contribution >= 4 is 34.7 Å². The minimum absolute atomic E-state index is 0.120. The van der Waals surface area contributed by atoms with Crippen LogP contribution in [-0.4, -0.2) is 15.9 Å². The standard InChI is InChI=1S/C27H27N5O/c1-17-6-9-21(10-7-17)29-25-16-20(4)28-27(32-25)31-23-13-11-22(12-14-23)30-26(33)24-15-18(2)5-8-19(24)3/h5-16H,1-4H3,(H,30,33)(H2,28,29,31,32). The van der Waals surface area contributed by atoms with E-state index in [-0.39, 0.29) is 5.91 Å². The summed E-state index contributed by atoms with van der Waals surface area (Å²) in [6.45, 7) is 7.90. The molecule has 0 radical (unpaired) electrons. The van der Waals surface area contributed by atoms with Crippen molar-refractivity contribution in [2.75, 3.05) is 16.0 Å². The van der Waals surface area contributed by atoms with Gasteiger partial charge in [-0.05, 0) is 75.7 Å². The molecule has 0 saturated carbocycles. The summed E-state index contributed by atoms with van der Waals surface area (Å²) in [6.07, 6.45) is 0. The van der Waals surface area contributed by atoms with Gasteiger partial charge in [-0.15, -0.1) is 0 Å². The molecule has 3 N–H and O–H groups in total. The Balaban J connectivity index is 1.44. The van der Waals surface area contributed by atoms with E-state index in [2.05, 4.69) is 45.0 Å². The third kappa shape index (κ3) is 5.74. The van der Waals surface area contributed by atoms with Gasteiger partial charge in [0.25, 0.3) is 5.91 Å². The first kappa shape index (κ1) is 22.0. The van der Waals surface area contributed by atoms with Crippen LogP contribution in [-0.2, 0) is 0 Å². The molecule has 1 aromatic heterocycles. The van der Waals surface area contributed by atoms with E-state index in [0.717, 1.165) is 33.9 Å². The molecule has 4 aromatic rings. The van der Waals surface area contributed by atoms with Crippen LogP contribution in [0.25, 0.3) is 0 Å². The van der Waals surface area contributed by atoms with E-state index >= 15 is 0 Å². The molecule has 1 heterocycles. The molecule has 0 aliphatic carbocycles. The zero-order valence-corrected chi connectivity index (χ0v) is 19.2. The summed E-state index contributed by atoms with van der Waals surface area (Å²) in [5.74, 6) is 1.09. The van der Waals surface area contributed by atoms with Gasteiger partial charge in [-0.2, -0.15) is 4.98 Å². The van der Waals surface area contributed by atoms with Gasteiger partial charge in [0, 0.05) is 34.4 Å². The summed E-state index contributed by atoms with van der Waals surface area (Å²) in [4.78, 5) is 21.7.